The number of amides is 1. The second-order valence-corrected chi connectivity index (χ2v) is 8.82. The molecule has 7 heteroatoms. The molecule has 1 aliphatic heterocycles. The van der Waals surface area contributed by atoms with Crippen LogP contribution in [-0.4, -0.2) is 56.3 Å². The van der Waals surface area contributed by atoms with E-state index in [2.05, 4.69) is 0 Å². The molecule has 0 atom stereocenters. The summed E-state index contributed by atoms with van der Waals surface area (Å²) in [5.41, 5.74) is 2.23. The highest BCUT2D eigenvalue weighted by molar-refractivity contribution is 7.89. The van der Waals surface area contributed by atoms with Gasteiger partial charge in [-0.3, -0.25) is 4.79 Å². The number of sulfonamides is 1. The Kier molecular flexibility index (Phi) is 6.36. The monoisotopic (exact) mass is 402 g/mol. The molecule has 1 heterocycles. The van der Waals surface area contributed by atoms with E-state index in [9.17, 15) is 13.2 Å². The number of ether oxygens (including phenoxy) is 1. The molecule has 0 radical (unpaired) electrons. The number of piperazine rings is 1. The molecule has 3 rings (SSSR count). The second-order valence-electron chi connectivity index (χ2n) is 6.88. The topological polar surface area (TPSA) is 66.9 Å². The van der Waals surface area contributed by atoms with Gasteiger partial charge in [0.1, 0.15) is 5.75 Å². The Morgan fingerprint density at radius 1 is 0.964 bits per heavy atom. The minimum Gasteiger partial charge on any atom is -0.484 e. The van der Waals surface area contributed by atoms with Crippen molar-refractivity contribution in [1.82, 2.24) is 9.21 Å². The maximum atomic E-state index is 12.8. The van der Waals surface area contributed by atoms with Crippen molar-refractivity contribution in [1.29, 1.82) is 0 Å². The Morgan fingerprint density at radius 3 is 2.14 bits per heavy atom. The van der Waals surface area contributed by atoms with Crippen LogP contribution in [0.25, 0.3) is 0 Å². The standard InChI is InChI=1S/C21H26N2O4S/c1-3-18-6-10-20(11-7-18)28(25,26)23-14-12-22(13-15-23)21(24)16-27-19-8-4-17(2)5-9-19/h4-11H,3,12-16H2,1-2H3. The summed E-state index contributed by atoms with van der Waals surface area (Å²) < 4.78 is 32.6. The molecule has 6 nitrogen and oxygen atoms in total. The Balaban J connectivity index is 1.54. The highest BCUT2D eigenvalue weighted by Gasteiger charge is 2.30. The van der Waals surface area contributed by atoms with E-state index in [0.717, 1.165) is 17.5 Å². The fourth-order valence-electron chi connectivity index (χ4n) is 3.09. The van der Waals surface area contributed by atoms with E-state index in [0.29, 0.717) is 23.7 Å². The fraction of sp³-hybridized carbons (Fsp3) is 0.381. The molecule has 1 saturated heterocycles. The molecular formula is C21H26N2O4S. The molecule has 28 heavy (non-hydrogen) atoms. The number of benzene rings is 2. The number of rotatable bonds is 6. The van der Waals surface area contributed by atoms with Gasteiger partial charge in [-0.2, -0.15) is 4.31 Å². The average molecular weight is 403 g/mol. The Bertz CT molecular complexity index is 900. The van der Waals surface area contributed by atoms with E-state index in [1.807, 2.05) is 50.2 Å². The minimum absolute atomic E-state index is 0.0473. The SMILES string of the molecule is CCc1ccc(S(=O)(=O)N2CCN(C(=O)COc3ccc(C)cc3)CC2)cc1. The lowest BCUT2D eigenvalue weighted by Crippen LogP contribution is -2.51. The van der Waals surface area contributed by atoms with Gasteiger partial charge in [-0.25, -0.2) is 8.42 Å². The van der Waals surface area contributed by atoms with Gasteiger partial charge in [0.05, 0.1) is 4.90 Å². The molecule has 0 N–H and O–H groups in total. The number of aryl methyl sites for hydroxylation is 2. The fourth-order valence-corrected chi connectivity index (χ4v) is 4.52. The first-order valence-corrected chi connectivity index (χ1v) is 10.9. The first kappa shape index (κ1) is 20.4. The quantitative estimate of drug-likeness (QED) is 0.745. The third kappa shape index (κ3) is 4.72. The molecule has 0 bridgehead atoms. The molecular weight excluding hydrogens is 376 g/mol. The molecule has 150 valence electrons. The van der Waals surface area contributed by atoms with E-state index in [-0.39, 0.29) is 25.6 Å². The van der Waals surface area contributed by atoms with Gasteiger partial charge in [-0.1, -0.05) is 36.8 Å². The second kappa shape index (κ2) is 8.75. The number of hydrogen-bond acceptors (Lipinski definition) is 4. The lowest BCUT2D eigenvalue weighted by atomic mass is 10.2. The maximum absolute atomic E-state index is 12.8. The summed E-state index contributed by atoms with van der Waals surface area (Å²) in [4.78, 5) is 14.3. The van der Waals surface area contributed by atoms with Crippen LogP contribution in [0.5, 0.6) is 5.75 Å². The van der Waals surface area contributed by atoms with Gasteiger partial charge in [-0.05, 0) is 43.2 Å². The van der Waals surface area contributed by atoms with E-state index in [1.165, 1.54) is 4.31 Å². The summed E-state index contributed by atoms with van der Waals surface area (Å²) in [5, 5.41) is 0. The first-order chi connectivity index (χ1) is 13.4. The number of nitrogens with zero attached hydrogens (tertiary/aromatic N) is 2. The van der Waals surface area contributed by atoms with Crippen LogP contribution in [0.4, 0.5) is 0 Å². The van der Waals surface area contributed by atoms with Crippen molar-refractivity contribution >= 4 is 15.9 Å². The van der Waals surface area contributed by atoms with Crippen molar-refractivity contribution in [3.8, 4) is 5.75 Å². The van der Waals surface area contributed by atoms with Gasteiger partial charge < -0.3 is 9.64 Å². The highest BCUT2D eigenvalue weighted by atomic mass is 32.2. The van der Waals surface area contributed by atoms with Crippen molar-refractivity contribution < 1.29 is 17.9 Å². The number of carbonyl (C=O) groups excluding carboxylic acids is 1. The van der Waals surface area contributed by atoms with Crippen LogP contribution in [0.1, 0.15) is 18.1 Å². The summed E-state index contributed by atoms with van der Waals surface area (Å²) >= 11 is 0. The average Bonchev–Trinajstić information content (AvgIpc) is 2.73. The first-order valence-electron chi connectivity index (χ1n) is 9.46. The third-order valence-corrected chi connectivity index (χ3v) is 6.86. The van der Waals surface area contributed by atoms with E-state index in [4.69, 9.17) is 4.74 Å². The molecule has 0 spiro atoms. The summed E-state index contributed by atoms with van der Waals surface area (Å²) in [7, 11) is -3.53. The summed E-state index contributed by atoms with van der Waals surface area (Å²) in [6.07, 6.45) is 0.867. The summed E-state index contributed by atoms with van der Waals surface area (Å²) in [6.45, 7) is 5.27. The van der Waals surface area contributed by atoms with E-state index >= 15 is 0 Å². The van der Waals surface area contributed by atoms with Crippen LogP contribution >= 0.6 is 0 Å². The van der Waals surface area contributed by atoms with Crippen molar-refractivity contribution in [2.45, 2.75) is 25.2 Å². The molecule has 2 aromatic rings. The van der Waals surface area contributed by atoms with Gasteiger partial charge in [-0.15, -0.1) is 0 Å². The predicted molar refractivity (Wildman–Crippen MR) is 108 cm³/mol. The Hall–Kier alpha value is -2.38. The minimum atomic E-state index is -3.53. The number of hydrogen-bond donors (Lipinski definition) is 0. The molecule has 0 unspecified atom stereocenters. The van der Waals surface area contributed by atoms with E-state index in [1.54, 1.807) is 17.0 Å². The van der Waals surface area contributed by atoms with Gasteiger partial charge in [0.15, 0.2) is 6.61 Å². The van der Waals surface area contributed by atoms with Crippen LogP contribution in [0.3, 0.4) is 0 Å². The molecule has 0 saturated carbocycles. The highest BCUT2D eigenvalue weighted by Crippen LogP contribution is 2.19. The predicted octanol–water partition coefficient (Wildman–Crippen LogP) is 2.47. The van der Waals surface area contributed by atoms with Gasteiger partial charge in [0.2, 0.25) is 10.0 Å². The van der Waals surface area contributed by atoms with Crippen molar-refractivity contribution in [3.05, 3.63) is 59.7 Å². The molecule has 1 amide bonds. The normalized spacial score (nSPS) is 15.4. The van der Waals surface area contributed by atoms with Crippen molar-refractivity contribution in [3.63, 3.8) is 0 Å². The lowest BCUT2D eigenvalue weighted by Gasteiger charge is -2.34. The van der Waals surface area contributed by atoms with Crippen LogP contribution in [-0.2, 0) is 21.2 Å². The Morgan fingerprint density at radius 2 is 1.57 bits per heavy atom. The third-order valence-electron chi connectivity index (χ3n) is 4.94. The largest absolute Gasteiger partial charge is 0.484 e. The smallest absolute Gasteiger partial charge is 0.260 e. The molecule has 0 aliphatic carbocycles. The van der Waals surface area contributed by atoms with Crippen LogP contribution in [0.2, 0.25) is 0 Å². The van der Waals surface area contributed by atoms with Crippen LogP contribution in [0.15, 0.2) is 53.4 Å². The van der Waals surface area contributed by atoms with Gasteiger partial charge >= 0.3 is 0 Å². The molecule has 1 aliphatic rings. The Labute approximate surface area is 166 Å². The zero-order valence-electron chi connectivity index (χ0n) is 16.3. The van der Waals surface area contributed by atoms with E-state index < -0.39 is 10.0 Å². The molecule has 0 aromatic heterocycles. The van der Waals surface area contributed by atoms with Gasteiger partial charge in [0.25, 0.3) is 5.91 Å². The zero-order valence-corrected chi connectivity index (χ0v) is 17.1. The molecule has 1 fully saturated rings. The lowest BCUT2D eigenvalue weighted by molar-refractivity contribution is -0.134. The number of carbonyl (C=O) groups is 1. The summed E-state index contributed by atoms with van der Waals surface area (Å²) in [6, 6.07) is 14.5. The van der Waals surface area contributed by atoms with Gasteiger partial charge in [0, 0.05) is 26.2 Å². The summed E-state index contributed by atoms with van der Waals surface area (Å²) in [5.74, 6) is 0.514. The molecule has 2 aromatic carbocycles. The van der Waals surface area contributed by atoms with Crippen molar-refractivity contribution in [2.75, 3.05) is 32.8 Å². The zero-order chi connectivity index (χ0) is 20.1. The van der Waals surface area contributed by atoms with Crippen LogP contribution in [0, 0.1) is 6.92 Å². The maximum Gasteiger partial charge on any atom is 0.260 e. The van der Waals surface area contributed by atoms with Crippen molar-refractivity contribution in [2.24, 2.45) is 0 Å². The van der Waals surface area contributed by atoms with Crippen LogP contribution < -0.4 is 4.74 Å².